The number of fused-ring (bicyclic) bond motifs is 8. The fraction of sp³-hybridized carbons (Fsp3) is 0.0870. The van der Waals surface area contributed by atoms with E-state index >= 15 is 0 Å². The van der Waals surface area contributed by atoms with Crippen molar-refractivity contribution in [2.24, 2.45) is 0 Å². The number of hydrogen-bond acceptors (Lipinski definition) is 2. The van der Waals surface area contributed by atoms with E-state index in [1.165, 1.54) is 44.5 Å². The highest BCUT2D eigenvalue weighted by molar-refractivity contribution is 6.23. The van der Waals surface area contributed by atoms with Crippen molar-refractivity contribution in [3.05, 3.63) is 175 Å². The van der Waals surface area contributed by atoms with Gasteiger partial charge in [0.2, 0.25) is 0 Å². The summed E-state index contributed by atoms with van der Waals surface area (Å²) in [6.07, 6.45) is 0. The van der Waals surface area contributed by atoms with Gasteiger partial charge in [-0.1, -0.05) is 123 Å². The van der Waals surface area contributed by atoms with Gasteiger partial charge in [0, 0.05) is 38.6 Å². The Morgan fingerprint density at radius 3 is 1.92 bits per heavy atom. The van der Waals surface area contributed by atoms with Crippen LogP contribution in [0.2, 0.25) is 0 Å². The van der Waals surface area contributed by atoms with E-state index in [0.717, 1.165) is 38.5 Å². The molecule has 1 unspecified atom stereocenters. The van der Waals surface area contributed by atoms with Gasteiger partial charge in [0.05, 0.1) is 22.5 Å². The molecular formula is C46H34N2O. The van der Waals surface area contributed by atoms with Gasteiger partial charge < -0.3 is 13.9 Å². The van der Waals surface area contributed by atoms with Crippen LogP contribution >= 0.6 is 0 Å². The van der Waals surface area contributed by atoms with Crippen LogP contribution in [0, 0.1) is 0 Å². The third-order valence-electron chi connectivity index (χ3n) is 10.7. The minimum atomic E-state index is -0.0462. The van der Waals surface area contributed by atoms with E-state index in [1.807, 2.05) is 6.07 Å². The van der Waals surface area contributed by atoms with Gasteiger partial charge in [0.25, 0.3) is 0 Å². The molecule has 0 amide bonds. The lowest BCUT2D eigenvalue weighted by atomic mass is 9.77. The van der Waals surface area contributed by atoms with Crippen molar-refractivity contribution in [3.8, 4) is 16.8 Å². The van der Waals surface area contributed by atoms with Crippen LogP contribution in [0.4, 0.5) is 11.4 Å². The quantitative estimate of drug-likeness (QED) is 0.193. The number of hydrogen-bond donors (Lipinski definition) is 0. The van der Waals surface area contributed by atoms with E-state index in [1.54, 1.807) is 0 Å². The molecule has 10 rings (SSSR count). The van der Waals surface area contributed by atoms with Crippen molar-refractivity contribution in [2.75, 3.05) is 4.90 Å². The third-order valence-corrected chi connectivity index (χ3v) is 10.7. The van der Waals surface area contributed by atoms with Gasteiger partial charge in [-0.15, -0.1) is 0 Å². The van der Waals surface area contributed by atoms with Crippen molar-refractivity contribution < 1.29 is 4.42 Å². The second-order valence-electron chi connectivity index (χ2n) is 13.8. The molecule has 2 aromatic heterocycles. The van der Waals surface area contributed by atoms with Crippen molar-refractivity contribution in [2.45, 2.75) is 25.3 Å². The molecule has 7 aromatic carbocycles. The van der Waals surface area contributed by atoms with Crippen molar-refractivity contribution in [1.82, 2.24) is 4.57 Å². The highest BCUT2D eigenvalue weighted by Crippen LogP contribution is 2.55. The Labute approximate surface area is 285 Å². The summed E-state index contributed by atoms with van der Waals surface area (Å²) < 4.78 is 8.85. The van der Waals surface area contributed by atoms with Crippen molar-refractivity contribution in [3.63, 3.8) is 0 Å². The molecular weight excluding hydrogens is 597 g/mol. The minimum Gasteiger partial charge on any atom is -0.455 e. The lowest BCUT2D eigenvalue weighted by Gasteiger charge is -2.35. The highest BCUT2D eigenvalue weighted by Gasteiger charge is 2.45. The fourth-order valence-electron chi connectivity index (χ4n) is 8.46. The number of furan rings is 1. The maximum atomic E-state index is 6.49. The van der Waals surface area contributed by atoms with Crippen LogP contribution in [0.1, 0.15) is 31.0 Å². The average Bonchev–Trinajstić information content (AvgIpc) is 3.77. The van der Waals surface area contributed by atoms with E-state index in [-0.39, 0.29) is 11.5 Å². The Hall–Kier alpha value is -6.06. The number of benzene rings is 7. The first-order valence-electron chi connectivity index (χ1n) is 17.1. The van der Waals surface area contributed by atoms with E-state index in [0.29, 0.717) is 0 Å². The number of aromatic nitrogens is 1. The summed E-state index contributed by atoms with van der Waals surface area (Å²) in [4.78, 5) is 2.53. The molecule has 0 saturated heterocycles. The van der Waals surface area contributed by atoms with Gasteiger partial charge in [-0.05, 0) is 76.9 Å². The van der Waals surface area contributed by atoms with Gasteiger partial charge in [0.15, 0.2) is 0 Å². The third kappa shape index (κ3) is 4.09. The zero-order chi connectivity index (χ0) is 32.7. The number of para-hydroxylation sites is 3. The molecule has 0 spiro atoms. The van der Waals surface area contributed by atoms with E-state index in [9.17, 15) is 0 Å². The molecule has 0 radical (unpaired) electrons. The molecule has 0 aliphatic carbocycles. The molecule has 0 N–H and O–H groups in total. The molecule has 234 valence electrons. The zero-order valence-corrected chi connectivity index (χ0v) is 27.5. The van der Waals surface area contributed by atoms with Gasteiger partial charge in [0.1, 0.15) is 11.2 Å². The fourth-order valence-corrected chi connectivity index (χ4v) is 8.46. The molecule has 0 fully saturated rings. The number of nitrogens with zero attached hydrogens (tertiary/aromatic N) is 2. The lowest BCUT2D eigenvalue weighted by Crippen LogP contribution is -2.30. The zero-order valence-electron chi connectivity index (χ0n) is 27.5. The molecule has 0 saturated carbocycles. The summed E-state index contributed by atoms with van der Waals surface area (Å²) in [5.74, 6) is 0. The Morgan fingerprint density at radius 2 is 1.14 bits per heavy atom. The second-order valence-corrected chi connectivity index (χ2v) is 13.8. The summed E-state index contributed by atoms with van der Waals surface area (Å²) in [6, 6.07) is 59.4. The van der Waals surface area contributed by atoms with Crippen LogP contribution in [0.3, 0.4) is 0 Å². The first-order chi connectivity index (χ1) is 24.1. The summed E-state index contributed by atoms with van der Waals surface area (Å²) >= 11 is 0. The second kappa shape index (κ2) is 10.5. The van der Waals surface area contributed by atoms with Crippen LogP contribution in [-0.4, -0.2) is 4.57 Å². The van der Waals surface area contributed by atoms with Crippen molar-refractivity contribution in [1.29, 1.82) is 0 Å². The van der Waals surface area contributed by atoms with Crippen LogP contribution in [0.15, 0.2) is 168 Å². The molecule has 3 nitrogen and oxygen atoms in total. The van der Waals surface area contributed by atoms with Crippen LogP contribution in [0.5, 0.6) is 0 Å². The van der Waals surface area contributed by atoms with Gasteiger partial charge in [-0.3, -0.25) is 0 Å². The predicted molar refractivity (Wildman–Crippen MR) is 204 cm³/mol. The largest absolute Gasteiger partial charge is 0.455 e. The smallest absolute Gasteiger partial charge is 0.145 e. The van der Waals surface area contributed by atoms with Gasteiger partial charge >= 0.3 is 0 Å². The first-order valence-corrected chi connectivity index (χ1v) is 17.1. The molecule has 1 aliphatic heterocycles. The summed E-state index contributed by atoms with van der Waals surface area (Å²) in [6.45, 7) is 4.74. The lowest BCUT2D eigenvalue weighted by molar-refractivity contribution is 0.449. The number of anilines is 2. The maximum Gasteiger partial charge on any atom is 0.145 e. The summed E-state index contributed by atoms with van der Waals surface area (Å²) in [5.41, 5.74) is 12.9. The van der Waals surface area contributed by atoms with E-state index < -0.39 is 0 Å². The Kier molecular flexibility index (Phi) is 5.98. The Morgan fingerprint density at radius 1 is 0.510 bits per heavy atom. The highest BCUT2D eigenvalue weighted by atomic mass is 16.3. The standard InChI is InChI=1S/C46H34N2O/c1-46(2)38-16-8-10-18-40(38)48(45(46)32-12-4-3-5-13-32)34-26-22-31(23-27-34)30-20-24-33(25-21-30)47-39-17-9-6-15-37(39)43-41(47)29-28-36-35-14-7-11-19-42(35)49-44(36)43/h3-29,45H,1-2H3. The number of rotatable bonds is 4. The maximum absolute atomic E-state index is 6.49. The molecule has 0 bridgehead atoms. The molecule has 9 aromatic rings. The van der Waals surface area contributed by atoms with Crippen LogP contribution in [-0.2, 0) is 5.41 Å². The van der Waals surface area contributed by atoms with Crippen LogP contribution < -0.4 is 4.90 Å². The van der Waals surface area contributed by atoms with E-state index in [4.69, 9.17) is 4.42 Å². The Bertz CT molecular complexity index is 2680. The molecule has 3 heteroatoms. The Balaban J connectivity index is 1.04. The molecule has 49 heavy (non-hydrogen) atoms. The topological polar surface area (TPSA) is 21.3 Å². The average molecular weight is 631 g/mol. The SMILES string of the molecule is CC1(C)c2ccccc2N(c2ccc(-c3ccc(-n4c5ccccc5c5c6oc7ccccc7c6ccc54)cc3)cc2)C1c1ccccc1. The monoisotopic (exact) mass is 630 g/mol. The normalized spacial score (nSPS) is 15.5. The van der Waals surface area contributed by atoms with Gasteiger partial charge in [-0.25, -0.2) is 0 Å². The molecule has 1 atom stereocenters. The first kappa shape index (κ1) is 28.0. The van der Waals surface area contributed by atoms with Crippen LogP contribution in [0.25, 0.3) is 60.6 Å². The summed E-state index contributed by atoms with van der Waals surface area (Å²) in [7, 11) is 0. The minimum absolute atomic E-state index is 0.0462. The van der Waals surface area contributed by atoms with Gasteiger partial charge in [-0.2, -0.15) is 0 Å². The summed E-state index contributed by atoms with van der Waals surface area (Å²) in [5, 5.41) is 4.66. The molecule has 3 heterocycles. The molecule has 1 aliphatic rings. The predicted octanol–water partition coefficient (Wildman–Crippen LogP) is 12.5. The van der Waals surface area contributed by atoms with Crippen molar-refractivity contribution >= 4 is 55.1 Å². The van der Waals surface area contributed by atoms with E-state index in [2.05, 4.69) is 181 Å².